The highest BCUT2D eigenvalue weighted by molar-refractivity contribution is 6.01. The maximum Gasteiger partial charge on any atom is 0.233 e. The highest BCUT2D eigenvalue weighted by atomic mass is 16.4. The molecule has 18 heavy (non-hydrogen) atoms. The molecule has 1 aliphatic carbocycles. The van der Waals surface area contributed by atoms with Gasteiger partial charge >= 0.3 is 0 Å². The predicted molar refractivity (Wildman–Crippen MR) is 71.4 cm³/mol. The summed E-state index contributed by atoms with van der Waals surface area (Å²) in [6.45, 7) is 2.78. The van der Waals surface area contributed by atoms with Crippen LogP contribution in [0.2, 0.25) is 0 Å². The summed E-state index contributed by atoms with van der Waals surface area (Å²) in [5.74, 6) is 0.138. The normalized spacial score (nSPS) is 18.9. The minimum Gasteiger partial charge on any atom is -0.409 e. The first-order valence-electron chi connectivity index (χ1n) is 6.82. The molecule has 5 heteroatoms. The molecule has 104 valence electrons. The molecule has 0 heterocycles. The average Bonchev–Trinajstić information content (AvgIpc) is 2.87. The molecular weight excluding hydrogens is 230 g/mol. The summed E-state index contributed by atoms with van der Waals surface area (Å²) >= 11 is 0. The number of carbonyl (C=O) groups is 1. The van der Waals surface area contributed by atoms with Crippen LogP contribution in [0, 0.1) is 11.8 Å². The number of amidine groups is 1. The Morgan fingerprint density at radius 2 is 2.11 bits per heavy atom. The van der Waals surface area contributed by atoms with Crippen LogP contribution in [-0.4, -0.2) is 35.4 Å². The van der Waals surface area contributed by atoms with E-state index in [1.54, 1.807) is 4.90 Å². The molecular formula is C13H25N3O2. The van der Waals surface area contributed by atoms with Crippen LogP contribution in [0.4, 0.5) is 0 Å². The molecule has 0 saturated heterocycles. The van der Waals surface area contributed by atoms with Gasteiger partial charge in [-0.2, -0.15) is 0 Å². The molecule has 1 amide bonds. The lowest BCUT2D eigenvalue weighted by atomic mass is 10.00. The molecule has 3 N–H and O–H groups in total. The summed E-state index contributed by atoms with van der Waals surface area (Å²) < 4.78 is 0. The maximum absolute atomic E-state index is 12.3. The lowest BCUT2D eigenvalue weighted by molar-refractivity contribution is -0.132. The van der Waals surface area contributed by atoms with E-state index in [-0.39, 0.29) is 11.7 Å². The number of amides is 1. The van der Waals surface area contributed by atoms with Gasteiger partial charge in [-0.1, -0.05) is 31.3 Å². The van der Waals surface area contributed by atoms with E-state index in [1.807, 2.05) is 14.0 Å². The zero-order valence-electron chi connectivity index (χ0n) is 11.4. The van der Waals surface area contributed by atoms with Gasteiger partial charge in [-0.05, 0) is 25.2 Å². The lowest BCUT2D eigenvalue weighted by Gasteiger charge is -2.25. The van der Waals surface area contributed by atoms with Crippen LogP contribution in [0.1, 0.15) is 45.4 Å². The number of nitrogens with two attached hydrogens (primary N) is 1. The van der Waals surface area contributed by atoms with Crippen LogP contribution >= 0.6 is 0 Å². The summed E-state index contributed by atoms with van der Waals surface area (Å²) in [5, 5.41) is 11.7. The van der Waals surface area contributed by atoms with Gasteiger partial charge in [0.25, 0.3) is 0 Å². The third-order valence-electron chi connectivity index (χ3n) is 3.73. The highest BCUT2D eigenvalue weighted by Crippen LogP contribution is 2.25. The van der Waals surface area contributed by atoms with Crippen LogP contribution in [0.25, 0.3) is 0 Å². The SMILES string of the molecule is CCCC(C(=O)N(C)CC1CCCC1)C(N)=NO. The first-order chi connectivity index (χ1) is 8.60. The van der Waals surface area contributed by atoms with E-state index in [0.29, 0.717) is 12.3 Å². The molecule has 0 bridgehead atoms. The van der Waals surface area contributed by atoms with Crippen molar-refractivity contribution in [3.8, 4) is 0 Å². The van der Waals surface area contributed by atoms with E-state index in [1.165, 1.54) is 25.7 Å². The number of rotatable bonds is 6. The van der Waals surface area contributed by atoms with E-state index in [4.69, 9.17) is 10.9 Å². The first-order valence-corrected chi connectivity index (χ1v) is 6.82. The van der Waals surface area contributed by atoms with Gasteiger partial charge in [0.05, 0.1) is 5.92 Å². The third-order valence-corrected chi connectivity index (χ3v) is 3.73. The van der Waals surface area contributed by atoms with E-state index in [9.17, 15) is 4.79 Å². The minimum atomic E-state index is -0.480. The second-order valence-corrected chi connectivity index (χ2v) is 5.24. The summed E-state index contributed by atoms with van der Waals surface area (Å²) in [7, 11) is 1.81. The largest absolute Gasteiger partial charge is 0.409 e. The average molecular weight is 255 g/mol. The molecule has 5 nitrogen and oxygen atoms in total. The molecule has 0 aromatic carbocycles. The smallest absolute Gasteiger partial charge is 0.233 e. The van der Waals surface area contributed by atoms with Gasteiger partial charge in [0.1, 0.15) is 0 Å². The fraction of sp³-hybridized carbons (Fsp3) is 0.846. The fourth-order valence-electron chi connectivity index (χ4n) is 2.69. The van der Waals surface area contributed by atoms with E-state index in [0.717, 1.165) is 13.0 Å². The van der Waals surface area contributed by atoms with Gasteiger partial charge in [-0.3, -0.25) is 4.79 Å². The Hall–Kier alpha value is -1.26. The van der Waals surface area contributed by atoms with Crippen LogP contribution < -0.4 is 5.73 Å². The minimum absolute atomic E-state index is 0.0279. The second kappa shape index (κ2) is 7.24. The maximum atomic E-state index is 12.3. The molecule has 1 atom stereocenters. The molecule has 1 fully saturated rings. The van der Waals surface area contributed by atoms with Gasteiger partial charge in [-0.15, -0.1) is 0 Å². The molecule has 1 saturated carbocycles. The number of hydrogen-bond donors (Lipinski definition) is 2. The van der Waals surface area contributed by atoms with E-state index in [2.05, 4.69) is 5.16 Å². The molecule has 1 unspecified atom stereocenters. The van der Waals surface area contributed by atoms with Crippen molar-refractivity contribution in [1.82, 2.24) is 4.90 Å². The number of oxime groups is 1. The quantitative estimate of drug-likeness (QED) is 0.329. The number of nitrogens with zero attached hydrogens (tertiary/aromatic N) is 2. The van der Waals surface area contributed by atoms with Crippen LogP contribution in [0.15, 0.2) is 5.16 Å². The highest BCUT2D eigenvalue weighted by Gasteiger charge is 2.27. The Bertz CT molecular complexity index is 299. The second-order valence-electron chi connectivity index (χ2n) is 5.24. The molecule has 1 rings (SSSR count). The fourth-order valence-corrected chi connectivity index (χ4v) is 2.69. The van der Waals surface area contributed by atoms with Crippen molar-refractivity contribution in [2.24, 2.45) is 22.7 Å². The Labute approximate surface area is 109 Å². The van der Waals surface area contributed by atoms with Crippen molar-refractivity contribution in [3.05, 3.63) is 0 Å². The van der Waals surface area contributed by atoms with Crippen molar-refractivity contribution in [1.29, 1.82) is 0 Å². The third kappa shape index (κ3) is 3.89. The van der Waals surface area contributed by atoms with E-state index < -0.39 is 5.92 Å². The van der Waals surface area contributed by atoms with Crippen molar-refractivity contribution in [3.63, 3.8) is 0 Å². The summed E-state index contributed by atoms with van der Waals surface area (Å²) in [6, 6.07) is 0. The molecule has 0 radical (unpaired) electrons. The van der Waals surface area contributed by atoms with Crippen LogP contribution in [0.3, 0.4) is 0 Å². The van der Waals surface area contributed by atoms with Crippen molar-refractivity contribution in [2.75, 3.05) is 13.6 Å². The van der Waals surface area contributed by atoms with Crippen molar-refractivity contribution < 1.29 is 10.0 Å². The van der Waals surface area contributed by atoms with Gasteiger partial charge in [0.2, 0.25) is 5.91 Å². The monoisotopic (exact) mass is 255 g/mol. The predicted octanol–water partition coefficient (Wildman–Crippen LogP) is 1.80. The van der Waals surface area contributed by atoms with Gasteiger partial charge < -0.3 is 15.8 Å². The van der Waals surface area contributed by atoms with E-state index >= 15 is 0 Å². The molecule has 1 aliphatic rings. The molecule has 0 aromatic rings. The molecule has 0 spiro atoms. The van der Waals surface area contributed by atoms with Crippen LogP contribution in [0.5, 0.6) is 0 Å². The Morgan fingerprint density at radius 3 is 2.61 bits per heavy atom. The first kappa shape index (κ1) is 14.8. The summed E-state index contributed by atoms with van der Waals surface area (Å²) in [4.78, 5) is 14.0. The Balaban J connectivity index is 2.57. The summed E-state index contributed by atoms with van der Waals surface area (Å²) in [6.07, 6.45) is 6.42. The number of hydrogen-bond acceptors (Lipinski definition) is 3. The topological polar surface area (TPSA) is 78.9 Å². The Morgan fingerprint density at radius 1 is 1.50 bits per heavy atom. The summed E-state index contributed by atoms with van der Waals surface area (Å²) in [5.41, 5.74) is 5.60. The zero-order valence-corrected chi connectivity index (χ0v) is 11.4. The van der Waals surface area contributed by atoms with Gasteiger partial charge in [-0.25, -0.2) is 0 Å². The van der Waals surface area contributed by atoms with Crippen molar-refractivity contribution in [2.45, 2.75) is 45.4 Å². The lowest BCUT2D eigenvalue weighted by Crippen LogP contribution is -2.41. The van der Waals surface area contributed by atoms with Gasteiger partial charge in [0, 0.05) is 13.6 Å². The van der Waals surface area contributed by atoms with Crippen LogP contribution in [-0.2, 0) is 4.79 Å². The Kier molecular flexibility index (Phi) is 5.95. The standard InChI is InChI=1S/C13H25N3O2/c1-3-6-11(12(14)15-18)13(17)16(2)9-10-7-4-5-8-10/h10-11,18H,3-9H2,1-2H3,(H2,14,15). The van der Waals surface area contributed by atoms with Gasteiger partial charge in [0.15, 0.2) is 5.84 Å². The molecule has 0 aromatic heterocycles. The zero-order chi connectivity index (χ0) is 13.5. The molecule has 0 aliphatic heterocycles. The van der Waals surface area contributed by atoms with Crippen molar-refractivity contribution >= 4 is 11.7 Å². The number of carbonyl (C=O) groups excluding carboxylic acids is 1.